The Kier molecular flexibility index (Phi) is 3.38. The van der Waals surface area contributed by atoms with Gasteiger partial charge in [-0.25, -0.2) is 0 Å². The van der Waals surface area contributed by atoms with Gasteiger partial charge in [0.1, 0.15) is 5.84 Å². The van der Waals surface area contributed by atoms with Crippen molar-refractivity contribution in [1.29, 1.82) is 0 Å². The number of ether oxygens (including phenoxy) is 1. The van der Waals surface area contributed by atoms with Crippen LogP contribution in [0.15, 0.2) is 17.1 Å². The number of aliphatic imine (C=N–C) groups is 1. The molecule has 15 heavy (non-hydrogen) atoms. The number of rotatable bonds is 2. The van der Waals surface area contributed by atoms with Gasteiger partial charge >= 0.3 is 0 Å². The Labute approximate surface area is 91.0 Å². The average molecular weight is 209 g/mol. The van der Waals surface area contributed by atoms with Crippen molar-refractivity contribution in [3.05, 3.63) is 12.2 Å². The maximum Gasteiger partial charge on any atom is 0.123 e. The SMILES string of the molecule is CNC1CN(C2=NCCC=C2)CC1OC. The molecule has 1 N–H and O–H groups in total. The summed E-state index contributed by atoms with van der Waals surface area (Å²) in [6.45, 7) is 2.84. The molecule has 2 aliphatic rings. The minimum atomic E-state index is 0.271. The lowest BCUT2D eigenvalue weighted by molar-refractivity contribution is 0.0955. The molecule has 1 fully saturated rings. The van der Waals surface area contributed by atoms with Gasteiger partial charge in [-0.3, -0.25) is 4.99 Å². The summed E-state index contributed by atoms with van der Waals surface area (Å²) >= 11 is 0. The zero-order valence-corrected chi connectivity index (χ0v) is 9.44. The largest absolute Gasteiger partial charge is 0.378 e. The van der Waals surface area contributed by atoms with Gasteiger partial charge in [-0.15, -0.1) is 0 Å². The van der Waals surface area contributed by atoms with Gasteiger partial charge in [-0.2, -0.15) is 0 Å². The Balaban J connectivity index is 2.01. The van der Waals surface area contributed by atoms with E-state index in [2.05, 4.69) is 27.4 Å². The molecule has 0 spiro atoms. The fourth-order valence-corrected chi connectivity index (χ4v) is 2.18. The molecule has 0 amide bonds. The van der Waals surface area contributed by atoms with E-state index < -0.39 is 0 Å². The summed E-state index contributed by atoms with van der Waals surface area (Å²) in [4.78, 5) is 6.82. The fraction of sp³-hybridized carbons (Fsp3) is 0.727. The van der Waals surface area contributed by atoms with Crippen LogP contribution in [0.5, 0.6) is 0 Å². The van der Waals surface area contributed by atoms with Crippen molar-refractivity contribution >= 4 is 5.84 Å². The highest BCUT2D eigenvalue weighted by molar-refractivity contribution is 5.93. The normalized spacial score (nSPS) is 30.8. The van der Waals surface area contributed by atoms with Crippen LogP contribution in [0.2, 0.25) is 0 Å². The number of methoxy groups -OCH3 is 1. The van der Waals surface area contributed by atoms with E-state index in [1.807, 2.05) is 7.05 Å². The molecule has 0 radical (unpaired) electrons. The van der Waals surface area contributed by atoms with Gasteiger partial charge in [0.05, 0.1) is 12.1 Å². The molecule has 0 aromatic rings. The zero-order chi connectivity index (χ0) is 10.7. The van der Waals surface area contributed by atoms with Gasteiger partial charge in [0, 0.05) is 26.7 Å². The van der Waals surface area contributed by atoms with E-state index in [4.69, 9.17) is 4.74 Å². The molecule has 2 rings (SSSR count). The average Bonchev–Trinajstić information content (AvgIpc) is 2.73. The van der Waals surface area contributed by atoms with Crippen molar-refractivity contribution in [2.75, 3.05) is 33.8 Å². The lowest BCUT2D eigenvalue weighted by Gasteiger charge is -2.19. The number of likely N-dealkylation sites (tertiary alicyclic amines) is 1. The number of nitrogens with zero attached hydrogens (tertiary/aromatic N) is 2. The lowest BCUT2D eigenvalue weighted by Crippen LogP contribution is -2.37. The summed E-state index contributed by atoms with van der Waals surface area (Å²) in [5, 5.41) is 3.29. The molecule has 4 nitrogen and oxygen atoms in total. The molecule has 2 unspecified atom stereocenters. The Morgan fingerprint density at radius 2 is 2.40 bits per heavy atom. The van der Waals surface area contributed by atoms with Gasteiger partial charge in [0.25, 0.3) is 0 Å². The van der Waals surface area contributed by atoms with E-state index >= 15 is 0 Å². The summed E-state index contributed by atoms with van der Waals surface area (Å²) in [5.41, 5.74) is 0. The first-order chi connectivity index (χ1) is 7.35. The van der Waals surface area contributed by atoms with E-state index in [9.17, 15) is 0 Å². The number of amidine groups is 1. The van der Waals surface area contributed by atoms with E-state index in [0.717, 1.165) is 31.9 Å². The van der Waals surface area contributed by atoms with Gasteiger partial charge in [-0.05, 0) is 19.5 Å². The summed E-state index contributed by atoms with van der Waals surface area (Å²) < 4.78 is 5.45. The molecule has 2 heterocycles. The Morgan fingerprint density at radius 3 is 2.93 bits per heavy atom. The number of hydrogen-bond donors (Lipinski definition) is 1. The summed E-state index contributed by atoms with van der Waals surface area (Å²) in [7, 11) is 3.76. The second-order valence-electron chi connectivity index (χ2n) is 4.01. The molecular weight excluding hydrogens is 190 g/mol. The van der Waals surface area contributed by atoms with Gasteiger partial charge < -0.3 is 15.0 Å². The molecule has 0 aromatic carbocycles. The van der Waals surface area contributed by atoms with E-state index in [1.54, 1.807) is 7.11 Å². The molecule has 2 atom stereocenters. The molecule has 0 bridgehead atoms. The van der Waals surface area contributed by atoms with Crippen molar-refractivity contribution in [3.8, 4) is 0 Å². The maximum atomic E-state index is 5.45. The summed E-state index contributed by atoms with van der Waals surface area (Å²) in [5.74, 6) is 1.11. The van der Waals surface area contributed by atoms with Crippen LogP contribution in [0.1, 0.15) is 6.42 Å². The predicted molar refractivity (Wildman–Crippen MR) is 61.3 cm³/mol. The second kappa shape index (κ2) is 4.77. The maximum absolute atomic E-state index is 5.45. The molecule has 4 heteroatoms. The molecular formula is C11H19N3O. The highest BCUT2D eigenvalue weighted by Crippen LogP contribution is 2.15. The van der Waals surface area contributed by atoms with Gasteiger partial charge in [0.15, 0.2) is 0 Å². The molecule has 84 valence electrons. The topological polar surface area (TPSA) is 36.9 Å². The molecule has 0 saturated carbocycles. The first-order valence-corrected chi connectivity index (χ1v) is 5.51. The summed E-state index contributed by atoms with van der Waals surface area (Å²) in [6, 6.07) is 0.410. The van der Waals surface area contributed by atoms with Crippen molar-refractivity contribution < 1.29 is 4.74 Å². The molecule has 0 aromatic heterocycles. The van der Waals surface area contributed by atoms with Crippen LogP contribution in [0, 0.1) is 0 Å². The minimum Gasteiger partial charge on any atom is -0.378 e. The third-order valence-electron chi connectivity index (χ3n) is 3.10. The number of hydrogen-bond acceptors (Lipinski definition) is 4. The van der Waals surface area contributed by atoms with E-state index in [0.29, 0.717) is 6.04 Å². The van der Waals surface area contributed by atoms with Gasteiger partial charge in [0.2, 0.25) is 0 Å². The van der Waals surface area contributed by atoms with Crippen LogP contribution in [-0.2, 0) is 4.74 Å². The molecule has 0 aliphatic carbocycles. The highest BCUT2D eigenvalue weighted by Gasteiger charge is 2.32. The monoisotopic (exact) mass is 209 g/mol. The number of likely N-dealkylation sites (N-methyl/N-ethyl adjacent to an activating group) is 1. The third kappa shape index (κ3) is 2.21. The van der Waals surface area contributed by atoms with Crippen molar-refractivity contribution in [1.82, 2.24) is 10.2 Å². The van der Waals surface area contributed by atoms with Crippen LogP contribution in [0.25, 0.3) is 0 Å². The molecule has 2 aliphatic heterocycles. The zero-order valence-electron chi connectivity index (χ0n) is 9.44. The first-order valence-electron chi connectivity index (χ1n) is 5.51. The standard InChI is InChI=1S/C11H19N3O/c1-12-9-7-14(8-10(9)15-2)11-5-3-4-6-13-11/h3,5,9-10,12H,4,6-8H2,1-2H3. The fourth-order valence-electron chi connectivity index (χ4n) is 2.18. The Bertz CT molecular complexity index is 263. The number of dihydropyridines is 1. The van der Waals surface area contributed by atoms with Crippen LogP contribution in [0.3, 0.4) is 0 Å². The van der Waals surface area contributed by atoms with Crippen LogP contribution in [-0.4, -0.2) is 56.7 Å². The lowest BCUT2D eigenvalue weighted by atomic mass is 10.2. The quantitative estimate of drug-likeness (QED) is 0.709. The van der Waals surface area contributed by atoms with Crippen LogP contribution in [0.4, 0.5) is 0 Å². The molecule has 1 saturated heterocycles. The van der Waals surface area contributed by atoms with Crippen molar-refractivity contribution in [2.45, 2.75) is 18.6 Å². The number of nitrogens with one attached hydrogen (secondary N) is 1. The minimum absolute atomic E-state index is 0.271. The summed E-state index contributed by atoms with van der Waals surface area (Å²) in [6.07, 6.45) is 5.65. The van der Waals surface area contributed by atoms with Crippen molar-refractivity contribution in [3.63, 3.8) is 0 Å². The van der Waals surface area contributed by atoms with Crippen LogP contribution < -0.4 is 5.32 Å². The third-order valence-corrected chi connectivity index (χ3v) is 3.10. The van der Waals surface area contributed by atoms with Crippen LogP contribution >= 0.6 is 0 Å². The van der Waals surface area contributed by atoms with E-state index in [1.165, 1.54) is 0 Å². The first kappa shape index (κ1) is 10.6. The predicted octanol–water partition coefficient (Wildman–Crippen LogP) is 0.263. The van der Waals surface area contributed by atoms with E-state index in [-0.39, 0.29) is 6.10 Å². The highest BCUT2D eigenvalue weighted by atomic mass is 16.5. The second-order valence-corrected chi connectivity index (χ2v) is 4.01. The Morgan fingerprint density at radius 1 is 1.53 bits per heavy atom. The smallest absolute Gasteiger partial charge is 0.123 e. The van der Waals surface area contributed by atoms with Gasteiger partial charge in [-0.1, -0.05) is 6.08 Å². The van der Waals surface area contributed by atoms with Crippen molar-refractivity contribution in [2.24, 2.45) is 4.99 Å². The Hall–Kier alpha value is -0.870.